The molecule has 108 valence electrons. The first-order valence-electron chi connectivity index (χ1n) is 7.31. The number of halogens is 1. The van der Waals surface area contributed by atoms with E-state index in [2.05, 4.69) is 48.7 Å². The molecule has 0 bridgehead atoms. The monoisotopic (exact) mass is 328 g/mol. The van der Waals surface area contributed by atoms with E-state index in [9.17, 15) is 5.11 Å². The molecule has 2 rings (SSSR count). The van der Waals surface area contributed by atoms with Gasteiger partial charge in [0.25, 0.3) is 0 Å². The average molecular weight is 329 g/mol. The molecule has 2 unspecified atom stereocenters. The van der Waals surface area contributed by atoms with Gasteiger partial charge in [-0.3, -0.25) is 4.68 Å². The third kappa shape index (κ3) is 2.89. The van der Waals surface area contributed by atoms with E-state index in [0.29, 0.717) is 11.8 Å². The van der Waals surface area contributed by atoms with E-state index in [-0.39, 0.29) is 6.04 Å². The Bertz CT molecular complexity index is 441. The highest BCUT2D eigenvalue weighted by Crippen LogP contribution is 2.45. The molecule has 19 heavy (non-hydrogen) atoms. The highest BCUT2D eigenvalue weighted by Gasteiger charge is 2.41. The zero-order valence-electron chi connectivity index (χ0n) is 12.4. The van der Waals surface area contributed by atoms with Crippen LogP contribution in [-0.2, 0) is 5.60 Å². The summed E-state index contributed by atoms with van der Waals surface area (Å²) in [5.74, 6) is 1.22. The van der Waals surface area contributed by atoms with Crippen LogP contribution in [0.5, 0.6) is 0 Å². The largest absolute Gasteiger partial charge is 0.384 e. The van der Waals surface area contributed by atoms with Crippen molar-refractivity contribution in [3.63, 3.8) is 0 Å². The first kappa shape index (κ1) is 15.0. The fraction of sp³-hybridized carbons (Fsp3) is 0.800. The maximum absolute atomic E-state index is 11.2. The predicted octanol–water partition coefficient (Wildman–Crippen LogP) is 4.26. The molecule has 0 aromatic carbocycles. The van der Waals surface area contributed by atoms with Crippen molar-refractivity contribution < 1.29 is 5.11 Å². The SMILES string of the molecule is CC(C)C1CCCC(O)(c2c(Br)cnn2C(C)C)C1. The van der Waals surface area contributed by atoms with Gasteiger partial charge in [0.05, 0.1) is 16.4 Å². The van der Waals surface area contributed by atoms with Crippen LogP contribution in [0.1, 0.15) is 65.1 Å². The molecule has 0 amide bonds. The standard InChI is InChI=1S/C15H25BrN2O/c1-10(2)12-6-5-7-15(19,8-12)14-13(16)9-17-18(14)11(3)4/h9-12,19H,5-8H2,1-4H3. The van der Waals surface area contributed by atoms with Crippen molar-refractivity contribution >= 4 is 15.9 Å². The number of hydrogen-bond acceptors (Lipinski definition) is 2. The van der Waals surface area contributed by atoms with Gasteiger partial charge in [0.15, 0.2) is 0 Å². The summed E-state index contributed by atoms with van der Waals surface area (Å²) in [5.41, 5.74) is 0.236. The molecule has 1 aliphatic carbocycles. The van der Waals surface area contributed by atoms with Gasteiger partial charge in [-0.15, -0.1) is 0 Å². The lowest BCUT2D eigenvalue weighted by Crippen LogP contribution is -2.37. The van der Waals surface area contributed by atoms with Gasteiger partial charge in [-0.05, 0) is 67.3 Å². The fourth-order valence-corrected chi connectivity index (χ4v) is 3.89. The van der Waals surface area contributed by atoms with Gasteiger partial charge in [0.2, 0.25) is 0 Å². The smallest absolute Gasteiger partial charge is 0.108 e. The van der Waals surface area contributed by atoms with Crippen LogP contribution in [0.4, 0.5) is 0 Å². The normalized spacial score (nSPS) is 28.3. The molecule has 0 spiro atoms. The van der Waals surface area contributed by atoms with E-state index >= 15 is 0 Å². The van der Waals surface area contributed by atoms with Crippen LogP contribution in [0.25, 0.3) is 0 Å². The van der Waals surface area contributed by atoms with Gasteiger partial charge in [-0.1, -0.05) is 13.8 Å². The van der Waals surface area contributed by atoms with E-state index in [1.54, 1.807) is 0 Å². The third-order valence-electron chi connectivity index (χ3n) is 4.39. The van der Waals surface area contributed by atoms with Crippen molar-refractivity contribution in [2.45, 2.75) is 65.0 Å². The first-order chi connectivity index (χ1) is 8.85. The molecule has 0 aliphatic heterocycles. The number of hydrogen-bond donors (Lipinski definition) is 1. The number of aliphatic hydroxyl groups is 1. The molecule has 4 heteroatoms. The lowest BCUT2D eigenvalue weighted by atomic mass is 9.72. The molecule has 0 radical (unpaired) electrons. The van der Waals surface area contributed by atoms with Crippen LogP contribution in [0.15, 0.2) is 10.7 Å². The summed E-state index contributed by atoms with van der Waals surface area (Å²) in [4.78, 5) is 0. The summed E-state index contributed by atoms with van der Waals surface area (Å²) in [7, 11) is 0. The third-order valence-corrected chi connectivity index (χ3v) is 4.97. The second kappa shape index (κ2) is 5.57. The van der Waals surface area contributed by atoms with E-state index in [1.807, 2.05) is 10.9 Å². The maximum Gasteiger partial charge on any atom is 0.108 e. The molecule has 3 nitrogen and oxygen atoms in total. The van der Waals surface area contributed by atoms with Gasteiger partial charge in [0.1, 0.15) is 5.60 Å². The van der Waals surface area contributed by atoms with Crippen LogP contribution in [-0.4, -0.2) is 14.9 Å². The molecular formula is C15H25BrN2O. The maximum atomic E-state index is 11.2. The summed E-state index contributed by atoms with van der Waals surface area (Å²) in [6, 6.07) is 0.268. The summed E-state index contributed by atoms with van der Waals surface area (Å²) >= 11 is 3.57. The Morgan fingerprint density at radius 1 is 1.42 bits per heavy atom. The zero-order chi connectivity index (χ0) is 14.2. The van der Waals surface area contributed by atoms with Crippen molar-refractivity contribution in [2.24, 2.45) is 11.8 Å². The number of nitrogens with zero attached hydrogens (tertiary/aromatic N) is 2. The minimum Gasteiger partial charge on any atom is -0.384 e. The Hall–Kier alpha value is -0.350. The molecule has 1 aromatic heterocycles. The van der Waals surface area contributed by atoms with Crippen molar-refractivity contribution in [3.8, 4) is 0 Å². The Balaban J connectivity index is 2.36. The van der Waals surface area contributed by atoms with Crippen molar-refractivity contribution in [3.05, 3.63) is 16.4 Å². The quantitative estimate of drug-likeness (QED) is 0.900. The fourth-order valence-electron chi connectivity index (χ4n) is 3.25. The van der Waals surface area contributed by atoms with Crippen LogP contribution in [0.3, 0.4) is 0 Å². The molecule has 1 saturated carbocycles. The number of aromatic nitrogens is 2. The van der Waals surface area contributed by atoms with Crippen molar-refractivity contribution in [1.82, 2.24) is 9.78 Å². The summed E-state index contributed by atoms with van der Waals surface area (Å²) in [6.45, 7) is 8.72. The zero-order valence-corrected chi connectivity index (χ0v) is 13.9. The first-order valence-corrected chi connectivity index (χ1v) is 8.10. The van der Waals surface area contributed by atoms with E-state index in [0.717, 1.165) is 29.4 Å². The van der Waals surface area contributed by atoms with Crippen LogP contribution >= 0.6 is 15.9 Å². The Morgan fingerprint density at radius 3 is 2.68 bits per heavy atom. The molecule has 1 aliphatic rings. The van der Waals surface area contributed by atoms with Crippen LogP contribution < -0.4 is 0 Å². The highest BCUT2D eigenvalue weighted by atomic mass is 79.9. The Labute approximate surface area is 124 Å². The summed E-state index contributed by atoms with van der Waals surface area (Å²) < 4.78 is 2.90. The Kier molecular flexibility index (Phi) is 4.41. The minimum absolute atomic E-state index is 0.268. The lowest BCUT2D eigenvalue weighted by Gasteiger charge is -2.39. The molecule has 0 saturated heterocycles. The lowest BCUT2D eigenvalue weighted by molar-refractivity contribution is -0.0378. The van der Waals surface area contributed by atoms with Crippen LogP contribution in [0.2, 0.25) is 0 Å². The molecular weight excluding hydrogens is 304 g/mol. The second-order valence-corrected chi connectivity index (χ2v) is 7.37. The average Bonchev–Trinajstić information content (AvgIpc) is 2.72. The van der Waals surface area contributed by atoms with Crippen LogP contribution in [0, 0.1) is 11.8 Å². The molecule has 2 atom stereocenters. The van der Waals surface area contributed by atoms with Gasteiger partial charge < -0.3 is 5.11 Å². The van der Waals surface area contributed by atoms with Crippen molar-refractivity contribution in [1.29, 1.82) is 0 Å². The minimum atomic E-state index is -0.729. The molecule has 1 heterocycles. The van der Waals surface area contributed by atoms with Gasteiger partial charge >= 0.3 is 0 Å². The van der Waals surface area contributed by atoms with E-state index in [1.165, 1.54) is 6.42 Å². The van der Waals surface area contributed by atoms with Crippen molar-refractivity contribution in [2.75, 3.05) is 0 Å². The molecule has 1 aromatic rings. The van der Waals surface area contributed by atoms with Gasteiger partial charge in [-0.25, -0.2) is 0 Å². The van der Waals surface area contributed by atoms with Gasteiger partial charge in [-0.2, -0.15) is 5.10 Å². The van der Waals surface area contributed by atoms with E-state index < -0.39 is 5.60 Å². The van der Waals surface area contributed by atoms with E-state index in [4.69, 9.17) is 0 Å². The second-order valence-electron chi connectivity index (χ2n) is 6.51. The predicted molar refractivity (Wildman–Crippen MR) is 81.0 cm³/mol. The Morgan fingerprint density at radius 2 is 2.11 bits per heavy atom. The summed E-state index contributed by atoms with van der Waals surface area (Å²) in [6.07, 6.45) is 5.82. The topological polar surface area (TPSA) is 38.1 Å². The number of rotatable bonds is 3. The summed E-state index contributed by atoms with van der Waals surface area (Å²) in [5, 5.41) is 15.6. The molecule has 1 fully saturated rings. The highest BCUT2D eigenvalue weighted by molar-refractivity contribution is 9.10. The molecule has 1 N–H and O–H groups in total. The van der Waals surface area contributed by atoms with Gasteiger partial charge in [0, 0.05) is 6.04 Å².